The van der Waals surface area contributed by atoms with E-state index < -0.39 is 15.3 Å². The van der Waals surface area contributed by atoms with E-state index >= 15 is 0 Å². The van der Waals surface area contributed by atoms with Crippen molar-refractivity contribution in [2.45, 2.75) is 38.0 Å². The number of methoxy groups -OCH3 is 1. The van der Waals surface area contributed by atoms with E-state index in [9.17, 15) is 8.42 Å². The maximum atomic E-state index is 11.9. The van der Waals surface area contributed by atoms with Crippen LogP contribution in [0, 0.1) is 0 Å². The molecule has 0 amide bonds. The Hall–Kier alpha value is -0.170. The Balaban J connectivity index is 2.44. The number of nitrogens with zero attached hydrogens (tertiary/aromatic N) is 1. The molecule has 17 heavy (non-hydrogen) atoms. The van der Waals surface area contributed by atoms with E-state index in [2.05, 4.69) is 16.5 Å². The van der Waals surface area contributed by atoms with Crippen LogP contribution in [0.25, 0.3) is 0 Å². The van der Waals surface area contributed by atoms with Crippen molar-refractivity contribution in [3.63, 3.8) is 0 Å². The molecule has 5 nitrogen and oxygen atoms in total. The van der Waals surface area contributed by atoms with Crippen LogP contribution in [0.2, 0.25) is 0 Å². The molecule has 6 heteroatoms. The van der Waals surface area contributed by atoms with Crippen LogP contribution in [0.4, 0.5) is 0 Å². The predicted molar refractivity (Wildman–Crippen MR) is 68.5 cm³/mol. The van der Waals surface area contributed by atoms with Gasteiger partial charge in [0.2, 0.25) is 10.0 Å². The molecule has 1 fully saturated rings. The number of hydrogen-bond donors (Lipinski definition) is 1. The highest BCUT2D eigenvalue weighted by atomic mass is 32.2. The Morgan fingerprint density at radius 2 is 2.24 bits per heavy atom. The van der Waals surface area contributed by atoms with Crippen LogP contribution in [-0.4, -0.2) is 58.0 Å². The quantitative estimate of drug-likeness (QED) is 0.724. The maximum absolute atomic E-state index is 11.9. The molecule has 0 saturated carbocycles. The van der Waals surface area contributed by atoms with Crippen LogP contribution in [0.5, 0.6) is 0 Å². The highest BCUT2D eigenvalue weighted by Gasteiger charge is 2.26. The average molecular weight is 264 g/mol. The van der Waals surface area contributed by atoms with Gasteiger partial charge >= 0.3 is 0 Å². The van der Waals surface area contributed by atoms with E-state index in [1.807, 2.05) is 0 Å². The van der Waals surface area contributed by atoms with Gasteiger partial charge in [-0.1, -0.05) is 6.92 Å². The fourth-order valence-corrected chi connectivity index (χ4v) is 3.25. The van der Waals surface area contributed by atoms with Crippen molar-refractivity contribution in [3.05, 3.63) is 0 Å². The molecule has 1 aliphatic heterocycles. The number of likely N-dealkylation sites (N-methyl/N-ethyl adjacent to an activating group) is 1. The molecule has 1 saturated heterocycles. The van der Waals surface area contributed by atoms with Crippen molar-refractivity contribution in [2.75, 3.05) is 33.4 Å². The topological polar surface area (TPSA) is 58.6 Å². The summed E-state index contributed by atoms with van der Waals surface area (Å²) in [6.07, 6.45) is 2.24. The van der Waals surface area contributed by atoms with Gasteiger partial charge in [-0.2, -0.15) is 0 Å². The first-order valence-electron chi connectivity index (χ1n) is 6.22. The van der Waals surface area contributed by atoms with Gasteiger partial charge < -0.3 is 4.74 Å². The van der Waals surface area contributed by atoms with Gasteiger partial charge in [0.25, 0.3) is 0 Å². The average Bonchev–Trinajstić information content (AvgIpc) is 2.74. The van der Waals surface area contributed by atoms with Gasteiger partial charge in [-0.15, -0.1) is 0 Å². The van der Waals surface area contributed by atoms with Gasteiger partial charge in [-0.25, -0.2) is 13.1 Å². The second kappa shape index (κ2) is 6.68. The third kappa shape index (κ3) is 4.21. The van der Waals surface area contributed by atoms with Gasteiger partial charge in [-0.05, 0) is 32.9 Å². The summed E-state index contributed by atoms with van der Waals surface area (Å²) in [4.78, 5) is 2.32. The van der Waals surface area contributed by atoms with Crippen LogP contribution in [0.3, 0.4) is 0 Å². The number of likely N-dealkylation sites (tertiary alicyclic amines) is 1. The van der Waals surface area contributed by atoms with Gasteiger partial charge in [0, 0.05) is 19.7 Å². The summed E-state index contributed by atoms with van der Waals surface area (Å²) < 4.78 is 31.3. The molecule has 1 aliphatic rings. The number of ether oxygens (including phenoxy) is 1. The molecule has 0 bridgehead atoms. The molecule has 0 aliphatic carbocycles. The number of rotatable bonds is 7. The number of sulfonamides is 1. The minimum Gasteiger partial charge on any atom is -0.383 e. The Kier molecular flexibility index (Phi) is 5.85. The van der Waals surface area contributed by atoms with E-state index in [1.165, 1.54) is 7.11 Å². The summed E-state index contributed by atoms with van der Waals surface area (Å²) in [5.74, 6) is 0. The van der Waals surface area contributed by atoms with Crippen molar-refractivity contribution in [3.8, 4) is 0 Å². The lowest BCUT2D eigenvalue weighted by Gasteiger charge is -2.23. The standard InChI is InChI=1S/C11H24N2O3S/c1-4-13-7-5-6-11(13)8-12-17(14,15)10(2)9-16-3/h10-12H,4-9H2,1-3H3/t10-,11+/m1/s1. The Bertz CT molecular complexity index is 319. The molecular weight excluding hydrogens is 240 g/mol. The fraction of sp³-hybridized carbons (Fsp3) is 1.00. The zero-order chi connectivity index (χ0) is 12.9. The smallest absolute Gasteiger partial charge is 0.216 e. The van der Waals surface area contributed by atoms with Crippen LogP contribution < -0.4 is 4.72 Å². The second-order valence-corrected chi connectivity index (χ2v) is 6.77. The monoisotopic (exact) mass is 264 g/mol. The van der Waals surface area contributed by atoms with Crippen molar-refractivity contribution in [2.24, 2.45) is 0 Å². The van der Waals surface area contributed by atoms with Crippen LogP contribution in [0.15, 0.2) is 0 Å². The van der Waals surface area contributed by atoms with E-state index in [1.54, 1.807) is 6.92 Å². The Morgan fingerprint density at radius 1 is 1.53 bits per heavy atom. The third-order valence-electron chi connectivity index (χ3n) is 3.36. The van der Waals surface area contributed by atoms with Crippen LogP contribution in [0.1, 0.15) is 26.7 Å². The zero-order valence-corrected chi connectivity index (χ0v) is 11.8. The Labute approximate surface area is 105 Å². The SMILES string of the molecule is CCN1CCC[C@H]1CNS(=O)(=O)[C@H](C)COC. The molecule has 0 radical (unpaired) electrons. The van der Waals surface area contributed by atoms with Crippen molar-refractivity contribution in [1.82, 2.24) is 9.62 Å². The molecule has 1 rings (SSSR count). The highest BCUT2D eigenvalue weighted by Crippen LogP contribution is 2.16. The second-order valence-electron chi connectivity index (χ2n) is 4.58. The molecule has 1 heterocycles. The summed E-state index contributed by atoms with van der Waals surface area (Å²) in [6.45, 7) is 6.59. The molecule has 0 unspecified atom stereocenters. The maximum Gasteiger partial charge on any atom is 0.216 e. The fourth-order valence-electron chi connectivity index (χ4n) is 2.22. The first-order valence-corrected chi connectivity index (χ1v) is 7.77. The van der Waals surface area contributed by atoms with Gasteiger partial charge in [0.1, 0.15) is 0 Å². The minimum absolute atomic E-state index is 0.234. The van der Waals surface area contributed by atoms with E-state index in [0.29, 0.717) is 12.6 Å². The highest BCUT2D eigenvalue weighted by molar-refractivity contribution is 7.90. The van der Waals surface area contributed by atoms with Gasteiger partial charge in [0.15, 0.2) is 0 Å². The summed E-state index contributed by atoms with van der Waals surface area (Å²) >= 11 is 0. The zero-order valence-electron chi connectivity index (χ0n) is 11.0. The summed E-state index contributed by atoms with van der Waals surface area (Å²) in [7, 11) is -1.73. The molecule has 0 aromatic carbocycles. The lowest BCUT2D eigenvalue weighted by atomic mass is 10.2. The van der Waals surface area contributed by atoms with E-state index in [-0.39, 0.29) is 6.61 Å². The lowest BCUT2D eigenvalue weighted by molar-refractivity contribution is 0.200. The van der Waals surface area contributed by atoms with Crippen LogP contribution >= 0.6 is 0 Å². The van der Waals surface area contributed by atoms with Gasteiger partial charge in [0.05, 0.1) is 11.9 Å². The molecule has 0 aromatic rings. The molecule has 102 valence electrons. The van der Waals surface area contributed by atoms with Gasteiger partial charge in [-0.3, -0.25) is 4.90 Å². The molecule has 2 atom stereocenters. The van der Waals surface area contributed by atoms with E-state index in [4.69, 9.17) is 4.74 Å². The predicted octanol–water partition coefficient (Wildman–Crippen LogP) is 0.425. The molecule has 0 spiro atoms. The van der Waals surface area contributed by atoms with Crippen molar-refractivity contribution >= 4 is 10.0 Å². The Morgan fingerprint density at radius 3 is 2.82 bits per heavy atom. The molecular formula is C11H24N2O3S. The summed E-state index contributed by atoms with van der Waals surface area (Å²) in [5, 5.41) is -0.496. The van der Waals surface area contributed by atoms with Crippen LogP contribution in [-0.2, 0) is 14.8 Å². The normalized spacial score (nSPS) is 24.1. The third-order valence-corrected chi connectivity index (χ3v) is 5.12. The van der Waals surface area contributed by atoms with Crippen molar-refractivity contribution in [1.29, 1.82) is 0 Å². The van der Waals surface area contributed by atoms with Crippen molar-refractivity contribution < 1.29 is 13.2 Å². The molecule has 0 aromatic heterocycles. The first-order chi connectivity index (χ1) is 8.01. The largest absolute Gasteiger partial charge is 0.383 e. The number of hydrogen-bond acceptors (Lipinski definition) is 4. The number of nitrogens with one attached hydrogen (secondary N) is 1. The summed E-state index contributed by atoms with van der Waals surface area (Å²) in [6, 6.07) is 0.351. The lowest BCUT2D eigenvalue weighted by Crippen LogP contribution is -2.43. The van der Waals surface area contributed by atoms with E-state index in [0.717, 1.165) is 25.9 Å². The molecule has 1 N–H and O–H groups in total. The summed E-state index contributed by atoms with van der Waals surface area (Å²) in [5.41, 5.74) is 0. The first kappa shape index (κ1) is 14.9. The minimum atomic E-state index is -3.24.